The second-order valence-electron chi connectivity index (χ2n) is 6.26. The molecule has 1 N–H and O–H groups in total. The Morgan fingerprint density at radius 3 is 2.35 bits per heavy atom. The molecule has 1 saturated carbocycles. The third-order valence-electron chi connectivity index (χ3n) is 4.07. The normalized spacial score (nSPS) is 27.5. The van der Waals surface area contributed by atoms with Crippen molar-refractivity contribution in [3.8, 4) is 0 Å². The molecule has 0 aromatic heterocycles. The number of rotatable bonds is 4. The molecule has 2 unspecified atom stereocenters. The largest absolute Gasteiger partial charge is 0.314 e. The fraction of sp³-hybridized carbons (Fsp3) is 0.625. The summed E-state index contributed by atoms with van der Waals surface area (Å²) in [6.45, 7) is 12.4. The van der Waals surface area contributed by atoms with Crippen molar-refractivity contribution in [3.05, 3.63) is 34.9 Å². The van der Waals surface area contributed by atoms with E-state index in [0.29, 0.717) is 11.5 Å². The highest BCUT2D eigenvalue weighted by Crippen LogP contribution is 2.53. The third-order valence-corrected chi connectivity index (χ3v) is 4.07. The summed E-state index contributed by atoms with van der Waals surface area (Å²) in [6, 6.07) is 7.58. The Morgan fingerprint density at radius 1 is 1.24 bits per heavy atom. The molecule has 2 atom stereocenters. The van der Waals surface area contributed by atoms with Crippen molar-refractivity contribution in [3.63, 3.8) is 0 Å². The molecule has 1 aliphatic rings. The fourth-order valence-corrected chi connectivity index (χ4v) is 2.79. The number of hydrogen-bond acceptors (Lipinski definition) is 1. The van der Waals surface area contributed by atoms with Gasteiger partial charge in [0.1, 0.15) is 0 Å². The molecule has 0 saturated heterocycles. The molecule has 1 heteroatoms. The van der Waals surface area contributed by atoms with Crippen LogP contribution < -0.4 is 5.32 Å². The molecule has 1 aliphatic carbocycles. The van der Waals surface area contributed by atoms with E-state index in [1.807, 2.05) is 0 Å². The van der Waals surface area contributed by atoms with Gasteiger partial charge in [0, 0.05) is 6.04 Å². The molecule has 0 amide bonds. The van der Waals surface area contributed by atoms with E-state index in [1.54, 1.807) is 0 Å². The molecule has 17 heavy (non-hydrogen) atoms. The van der Waals surface area contributed by atoms with E-state index in [0.717, 1.165) is 12.5 Å². The lowest BCUT2D eigenvalue weighted by Crippen LogP contribution is -2.26. The van der Waals surface area contributed by atoms with Crippen molar-refractivity contribution >= 4 is 0 Å². The van der Waals surface area contributed by atoms with Gasteiger partial charge in [-0.3, -0.25) is 0 Å². The number of hydrogen-bond donors (Lipinski definition) is 1. The maximum Gasteiger partial charge on any atom is 0.00104 e. The van der Waals surface area contributed by atoms with E-state index in [4.69, 9.17) is 0 Å². The lowest BCUT2D eigenvalue weighted by molar-refractivity contribution is 0.528. The summed E-state index contributed by atoms with van der Waals surface area (Å²) in [7, 11) is 0. The SMILES string of the molecule is Cc1cc(C)cc(C2(C)CC2CNC(C)C)c1. The Balaban J connectivity index is 2.08. The minimum atomic E-state index is 0.415. The van der Waals surface area contributed by atoms with Crippen molar-refractivity contribution in [1.82, 2.24) is 5.32 Å². The number of nitrogens with one attached hydrogen (secondary N) is 1. The van der Waals surface area contributed by atoms with Gasteiger partial charge in [-0.05, 0) is 43.7 Å². The highest BCUT2D eigenvalue weighted by molar-refractivity contribution is 5.38. The Bertz CT molecular complexity index is 388. The van der Waals surface area contributed by atoms with E-state index in [2.05, 4.69) is 58.1 Å². The van der Waals surface area contributed by atoms with Crippen LogP contribution in [-0.2, 0) is 5.41 Å². The first-order chi connectivity index (χ1) is 7.91. The fourth-order valence-electron chi connectivity index (χ4n) is 2.79. The first kappa shape index (κ1) is 12.6. The van der Waals surface area contributed by atoms with Crippen LogP contribution in [0.1, 0.15) is 43.9 Å². The zero-order chi connectivity index (χ0) is 12.6. The average molecular weight is 231 g/mol. The monoisotopic (exact) mass is 231 g/mol. The van der Waals surface area contributed by atoms with Gasteiger partial charge in [0.05, 0.1) is 0 Å². The molecule has 0 spiro atoms. The lowest BCUT2D eigenvalue weighted by atomic mass is 9.92. The zero-order valence-corrected chi connectivity index (χ0v) is 11.8. The van der Waals surface area contributed by atoms with Crippen LogP contribution in [0.15, 0.2) is 18.2 Å². The number of aryl methyl sites for hydroxylation is 2. The van der Waals surface area contributed by atoms with E-state index in [-0.39, 0.29) is 0 Å². The standard InChI is InChI=1S/C16H25N/c1-11(2)17-10-15-9-16(15,5)14-7-12(3)6-13(4)8-14/h6-8,11,15,17H,9-10H2,1-5H3. The molecular weight excluding hydrogens is 206 g/mol. The van der Waals surface area contributed by atoms with Crippen molar-refractivity contribution in [1.29, 1.82) is 0 Å². The molecule has 0 radical (unpaired) electrons. The predicted octanol–water partition coefficient (Wildman–Crippen LogP) is 3.58. The Labute approximate surface area is 106 Å². The Morgan fingerprint density at radius 2 is 1.82 bits per heavy atom. The maximum absolute atomic E-state index is 3.56. The van der Waals surface area contributed by atoms with E-state index in [1.165, 1.54) is 23.1 Å². The van der Waals surface area contributed by atoms with Gasteiger partial charge in [0.15, 0.2) is 0 Å². The van der Waals surface area contributed by atoms with Crippen LogP contribution >= 0.6 is 0 Å². The van der Waals surface area contributed by atoms with Gasteiger partial charge in [0.25, 0.3) is 0 Å². The summed E-state index contributed by atoms with van der Waals surface area (Å²) in [6.07, 6.45) is 1.33. The van der Waals surface area contributed by atoms with E-state index >= 15 is 0 Å². The molecule has 2 rings (SSSR count). The summed E-state index contributed by atoms with van der Waals surface area (Å²) in [5.74, 6) is 0.811. The molecule has 1 fully saturated rings. The molecule has 1 aromatic carbocycles. The van der Waals surface area contributed by atoms with Gasteiger partial charge in [-0.15, -0.1) is 0 Å². The quantitative estimate of drug-likeness (QED) is 0.835. The van der Waals surface area contributed by atoms with Gasteiger partial charge in [-0.25, -0.2) is 0 Å². The van der Waals surface area contributed by atoms with Crippen molar-refractivity contribution in [2.45, 2.75) is 52.5 Å². The minimum absolute atomic E-state index is 0.415. The van der Waals surface area contributed by atoms with Crippen LogP contribution in [0.4, 0.5) is 0 Å². The average Bonchev–Trinajstić information content (AvgIpc) is 2.87. The summed E-state index contributed by atoms with van der Waals surface area (Å²) >= 11 is 0. The highest BCUT2D eigenvalue weighted by Gasteiger charge is 2.50. The van der Waals surface area contributed by atoms with Gasteiger partial charge < -0.3 is 5.32 Å². The minimum Gasteiger partial charge on any atom is -0.314 e. The second-order valence-corrected chi connectivity index (χ2v) is 6.26. The zero-order valence-electron chi connectivity index (χ0n) is 11.8. The van der Waals surface area contributed by atoms with Gasteiger partial charge >= 0.3 is 0 Å². The van der Waals surface area contributed by atoms with Crippen LogP contribution in [0.5, 0.6) is 0 Å². The molecular formula is C16H25N. The second kappa shape index (κ2) is 4.45. The highest BCUT2D eigenvalue weighted by atomic mass is 14.9. The molecule has 94 valence electrons. The molecule has 1 nitrogen and oxygen atoms in total. The Kier molecular flexibility index (Phi) is 3.31. The first-order valence-corrected chi connectivity index (χ1v) is 6.74. The summed E-state index contributed by atoms with van der Waals surface area (Å²) in [4.78, 5) is 0. The molecule has 0 bridgehead atoms. The first-order valence-electron chi connectivity index (χ1n) is 6.74. The molecule has 0 aliphatic heterocycles. The van der Waals surface area contributed by atoms with Gasteiger partial charge in [0.2, 0.25) is 0 Å². The van der Waals surface area contributed by atoms with Gasteiger partial charge in [-0.1, -0.05) is 50.1 Å². The lowest BCUT2D eigenvalue weighted by Gasteiger charge is -2.15. The van der Waals surface area contributed by atoms with Crippen molar-refractivity contribution in [2.24, 2.45) is 5.92 Å². The number of benzene rings is 1. The molecule has 1 aromatic rings. The van der Waals surface area contributed by atoms with E-state index in [9.17, 15) is 0 Å². The van der Waals surface area contributed by atoms with E-state index < -0.39 is 0 Å². The smallest absolute Gasteiger partial charge is 0.00104 e. The maximum atomic E-state index is 3.56. The van der Waals surface area contributed by atoms with Gasteiger partial charge in [-0.2, -0.15) is 0 Å². The van der Waals surface area contributed by atoms with Crippen LogP contribution in [-0.4, -0.2) is 12.6 Å². The third kappa shape index (κ3) is 2.71. The summed E-state index contributed by atoms with van der Waals surface area (Å²) in [5.41, 5.74) is 4.73. The van der Waals surface area contributed by atoms with Crippen LogP contribution in [0.3, 0.4) is 0 Å². The Hall–Kier alpha value is -0.820. The van der Waals surface area contributed by atoms with Crippen LogP contribution in [0.2, 0.25) is 0 Å². The topological polar surface area (TPSA) is 12.0 Å². The summed E-state index contributed by atoms with van der Waals surface area (Å²) in [5, 5.41) is 3.56. The van der Waals surface area contributed by atoms with Crippen molar-refractivity contribution in [2.75, 3.05) is 6.54 Å². The van der Waals surface area contributed by atoms with Crippen LogP contribution in [0.25, 0.3) is 0 Å². The van der Waals surface area contributed by atoms with Crippen molar-refractivity contribution < 1.29 is 0 Å². The summed E-state index contributed by atoms with van der Waals surface area (Å²) < 4.78 is 0. The van der Waals surface area contributed by atoms with Crippen LogP contribution in [0, 0.1) is 19.8 Å². The molecule has 0 heterocycles. The predicted molar refractivity (Wildman–Crippen MR) is 74.5 cm³/mol.